The maximum Gasteiger partial charge on any atom is 0.338 e. The molecule has 5 atom stereocenters. The maximum absolute atomic E-state index is 13.1. The zero-order chi connectivity index (χ0) is 27.2. The number of aliphatic hydroxyl groups is 1. The number of rotatable bonds is 7. The lowest BCUT2D eigenvalue weighted by molar-refractivity contribution is -0.436. The van der Waals surface area contributed by atoms with E-state index in [9.17, 15) is 19.5 Å². The van der Waals surface area contributed by atoms with E-state index < -0.39 is 54.9 Å². The molecule has 3 aromatic rings. The highest BCUT2D eigenvalue weighted by Crippen LogP contribution is 2.38. The third-order valence-corrected chi connectivity index (χ3v) is 6.28. The summed E-state index contributed by atoms with van der Waals surface area (Å²) in [7, 11) is 0. The number of benzene rings is 3. The molecule has 2 aliphatic rings. The topological polar surface area (TPSA) is 127 Å². The fourth-order valence-electron chi connectivity index (χ4n) is 4.33. The second-order valence-electron chi connectivity index (χ2n) is 8.87. The van der Waals surface area contributed by atoms with Gasteiger partial charge in [-0.1, -0.05) is 54.6 Å². The van der Waals surface area contributed by atoms with Gasteiger partial charge in [0.25, 0.3) is 5.79 Å². The molecule has 202 valence electrons. The van der Waals surface area contributed by atoms with Crippen molar-refractivity contribution in [2.75, 3.05) is 19.8 Å². The molecule has 0 bridgehead atoms. The van der Waals surface area contributed by atoms with Crippen LogP contribution >= 0.6 is 0 Å². The van der Waals surface area contributed by atoms with Crippen molar-refractivity contribution in [3.05, 3.63) is 108 Å². The van der Waals surface area contributed by atoms with Gasteiger partial charge < -0.3 is 33.5 Å². The average Bonchev–Trinajstić information content (AvgIpc) is 2.98. The minimum absolute atomic E-state index is 0.0389. The highest BCUT2D eigenvalue weighted by molar-refractivity contribution is 5.91. The summed E-state index contributed by atoms with van der Waals surface area (Å²) in [4.78, 5) is 38.8. The van der Waals surface area contributed by atoms with Gasteiger partial charge in [0.15, 0.2) is 6.10 Å². The maximum atomic E-state index is 13.1. The molecule has 0 amide bonds. The Bertz CT molecular complexity index is 1280. The number of carbonyl (C=O) groups excluding carboxylic acids is 3. The quantitative estimate of drug-likeness (QED) is 0.357. The van der Waals surface area contributed by atoms with Crippen LogP contribution in [0.4, 0.5) is 0 Å². The van der Waals surface area contributed by atoms with E-state index in [1.807, 2.05) is 0 Å². The van der Waals surface area contributed by atoms with E-state index in [1.165, 1.54) is 12.1 Å². The van der Waals surface area contributed by atoms with Crippen molar-refractivity contribution in [3.8, 4) is 0 Å². The largest absolute Gasteiger partial charge is 0.459 e. The van der Waals surface area contributed by atoms with Crippen molar-refractivity contribution < 1.29 is 47.9 Å². The second-order valence-corrected chi connectivity index (χ2v) is 8.87. The second kappa shape index (κ2) is 11.7. The molecule has 1 N–H and O–H groups in total. The average molecular weight is 535 g/mol. The molecule has 2 saturated heterocycles. The molecule has 0 aromatic heterocycles. The van der Waals surface area contributed by atoms with Crippen LogP contribution in [0.15, 0.2) is 91.0 Å². The molecule has 10 heteroatoms. The molecule has 39 heavy (non-hydrogen) atoms. The molecule has 0 aliphatic carbocycles. The Hall–Kier alpha value is -4.09. The molecule has 2 aliphatic heterocycles. The fourth-order valence-corrected chi connectivity index (χ4v) is 4.33. The molecule has 2 heterocycles. The number of hydrogen-bond donors (Lipinski definition) is 1. The molecule has 2 fully saturated rings. The summed E-state index contributed by atoms with van der Waals surface area (Å²) in [6.45, 7) is -0.365. The highest BCUT2D eigenvalue weighted by atomic mass is 16.8. The first kappa shape index (κ1) is 26.5. The van der Waals surface area contributed by atoms with Gasteiger partial charge in [0.1, 0.15) is 12.7 Å². The summed E-state index contributed by atoms with van der Waals surface area (Å²) in [5.41, 5.74) is 0.702. The van der Waals surface area contributed by atoms with Crippen LogP contribution in [0.25, 0.3) is 0 Å². The monoisotopic (exact) mass is 534 g/mol. The molecule has 10 nitrogen and oxygen atoms in total. The van der Waals surface area contributed by atoms with Crippen LogP contribution in [0, 0.1) is 0 Å². The minimum atomic E-state index is -2.32. The Kier molecular flexibility index (Phi) is 7.99. The lowest BCUT2D eigenvalue weighted by atomic mass is 9.94. The summed E-state index contributed by atoms with van der Waals surface area (Å²) in [6.07, 6.45) is -5.66. The molecular formula is C29H26O10. The van der Waals surface area contributed by atoms with E-state index in [2.05, 4.69) is 0 Å². The van der Waals surface area contributed by atoms with Gasteiger partial charge in [0.2, 0.25) is 12.4 Å². The van der Waals surface area contributed by atoms with Gasteiger partial charge in [0, 0.05) is 0 Å². The van der Waals surface area contributed by atoms with Crippen LogP contribution in [0.3, 0.4) is 0 Å². The molecule has 5 rings (SSSR count). The van der Waals surface area contributed by atoms with Gasteiger partial charge in [-0.15, -0.1) is 0 Å². The number of ether oxygens (including phenoxy) is 6. The Morgan fingerprint density at radius 1 is 0.744 bits per heavy atom. The van der Waals surface area contributed by atoms with Crippen LogP contribution in [-0.4, -0.2) is 73.2 Å². The molecule has 0 spiro atoms. The van der Waals surface area contributed by atoms with Crippen molar-refractivity contribution >= 4 is 17.9 Å². The van der Waals surface area contributed by atoms with Gasteiger partial charge in [-0.25, -0.2) is 14.4 Å². The van der Waals surface area contributed by atoms with Crippen molar-refractivity contribution in [2.24, 2.45) is 0 Å². The first-order chi connectivity index (χ1) is 19.0. The van der Waals surface area contributed by atoms with Gasteiger partial charge in [-0.2, -0.15) is 0 Å². The Morgan fingerprint density at radius 3 is 1.82 bits per heavy atom. The van der Waals surface area contributed by atoms with E-state index in [1.54, 1.807) is 78.9 Å². The standard InChI is InChI=1S/C29H26O10/c30-25(19-10-4-1-5-11-19)35-18-22-23(38-26(31)20-12-6-2-7-13-20)24(29(33)28(37-22)34-16-17-36-29)39-27(32)21-14-8-3-9-15-21/h1-15,22-24,28,33H,16-18H2/t22-,23-,24+,28-,29+/m1/s1. The molecule has 0 unspecified atom stereocenters. The summed E-state index contributed by atoms with van der Waals surface area (Å²) in [5, 5.41) is 11.5. The third-order valence-electron chi connectivity index (χ3n) is 6.28. The zero-order valence-electron chi connectivity index (χ0n) is 20.7. The van der Waals surface area contributed by atoms with E-state index in [-0.39, 0.29) is 24.3 Å². The van der Waals surface area contributed by atoms with Gasteiger partial charge in [-0.05, 0) is 36.4 Å². The highest BCUT2D eigenvalue weighted by Gasteiger charge is 2.63. The lowest BCUT2D eigenvalue weighted by Crippen LogP contribution is -2.71. The Labute approximate surface area is 224 Å². The van der Waals surface area contributed by atoms with E-state index >= 15 is 0 Å². The summed E-state index contributed by atoms with van der Waals surface area (Å²) in [5.74, 6) is -4.54. The SMILES string of the molecule is O=C(OC[C@H]1O[C@H]2OCCO[C@@]2(O)[C@@H](OC(=O)c2ccccc2)[C@@H]1OC(=O)c1ccccc1)c1ccccc1. The predicted molar refractivity (Wildman–Crippen MR) is 134 cm³/mol. The summed E-state index contributed by atoms with van der Waals surface area (Å²) in [6, 6.07) is 24.5. The van der Waals surface area contributed by atoms with Gasteiger partial charge in [0.05, 0.1) is 29.9 Å². The van der Waals surface area contributed by atoms with Crippen LogP contribution in [0.1, 0.15) is 31.1 Å². The van der Waals surface area contributed by atoms with Crippen molar-refractivity contribution in [1.82, 2.24) is 0 Å². The predicted octanol–water partition coefficient (Wildman–Crippen LogP) is 2.75. The third kappa shape index (κ3) is 5.84. The van der Waals surface area contributed by atoms with Crippen molar-refractivity contribution in [1.29, 1.82) is 0 Å². The molecule has 0 saturated carbocycles. The molecule has 0 radical (unpaired) electrons. The number of esters is 3. The Balaban J connectivity index is 1.46. The van der Waals surface area contributed by atoms with Crippen molar-refractivity contribution in [2.45, 2.75) is 30.4 Å². The van der Waals surface area contributed by atoms with Gasteiger partial charge in [-0.3, -0.25) is 0 Å². The summed E-state index contributed by atoms with van der Waals surface area (Å²) < 4.78 is 34.1. The van der Waals surface area contributed by atoms with Crippen molar-refractivity contribution in [3.63, 3.8) is 0 Å². The van der Waals surface area contributed by atoms with E-state index in [4.69, 9.17) is 28.4 Å². The van der Waals surface area contributed by atoms with E-state index in [0.717, 1.165) is 0 Å². The van der Waals surface area contributed by atoms with Crippen LogP contribution < -0.4 is 0 Å². The Morgan fingerprint density at radius 2 is 1.26 bits per heavy atom. The molecular weight excluding hydrogens is 508 g/mol. The van der Waals surface area contributed by atoms with Crippen LogP contribution in [-0.2, 0) is 28.4 Å². The number of hydrogen-bond acceptors (Lipinski definition) is 10. The zero-order valence-corrected chi connectivity index (χ0v) is 20.7. The van der Waals surface area contributed by atoms with Crippen LogP contribution in [0.5, 0.6) is 0 Å². The van der Waals surface area contributed by atoms with Gasteiger partial charge >= 0.3 is 17.9 Å². The van der Waals surface area contributed by atoms with E-state index in [0.29, 0.717) is 5.56 Å². The molecule has 3 aromatic carbocycles. The number of fused-ring (bicyclic) bond motifs is 1. The fraction of sp³-hybridized carbons (Fsp3) is 0.276. The first-order valence-corrected chi connectivity index (χ1v) is 12.3. The normalized spacial score (nSPS) is 26.1. The summed E-state index contributed by atoms with van der Waals surface area (Å²) >= 11 is 0. The van der Waals surface area contributed by atoms with Crippen LogP contribution in [0.2, 0.25) is 0 Å². The smallest absolute Gasteiger partial charge is 0.338 e. The first-order valence-electron chi connectivity index (χ1n) is 12.3. The number of carbonyl (C=O) groups is 3. The minimum Gasteiger partial charge on any atom is -0.459 e. The lowest BCUT2D eigenvalue weighted by Gasteiger charge is -2.50.